The van der Waals surface area contributed by atoms with Crippen LogP contribution in [-0.2, 0) is 23.0 Å². The summed E-state index contributed by atoms with van der Waals surface area (Å²) in [6.45, 7) is 2.21. The summed E-state index contributed by atoms with van der Waals surface area (Å²) >= 11 is 0. The number of anilines is 1. The molecule has 2 heterocycles. The van der Waals surface area contributed by atoms with E-state index in [1.807, 2.05) is 0 Å². The van der Waals surface area contributed by atoms with E-state index in [0.717, 1.165) is 17.9 Å². The molecule has 0 aromatic carbocycles. The molecule has 1 N–H and O–H groups in total. The van der Waals surface area contributed by atoms with E-state index in [-0.39, 0.29) is 12.0 Å². The zero-order valence-electron chi connectivity index (χ0n) is 8.86. The number of esters is 1. The molecule has 6 heteroatoms. The molecule has 0 fully saturated rings. The fraction of sp³-hybridized carbons (Fsp3) is 0.667. The highest BCUT2D eigenvalue weighted by molar-refractivity contribution is 5.79. The first-order chi connectivity index (χ1) is 7.22. The lowest BCUT2D eigenvalue weighted by Gasteiger charge is -2.22. The van der Waals surface area contributed by atoms with Crippen LogP contribution in [0, 0.1) is 0 Å². The van der Waals surface area contributed by atoms with Crippen LogP contribution in [0.15, 0.2) is 0 Å². The van der Waals surface area contributed by atoms with Crippen LogP contribution in [0.2, 0.25) is 0 Å². The zero-order valence-corrected chi connectivity index (χ0v) is 8.86. The van der Waals surface area contributed by atoms with Gasteiger partial charge in [-0.25, -0.2) is 9.48 Å². The quantitative estimate of drug-likeness (QED) is 0.701. The first-order valence-electron chi connectivity index (χ1n) is 5.04. The van der Waals surface area contributed by atoms with Crippen molar-refractivity contribution in [3.8, 4) is 0 Å². The van der Waals surface area contributed by atoms with E-state index in [4.69, 9.17) is 4.74 Å². The van der Waals surface area contributed by atoms with Crippen LogP contribution in [0.25, 0.3) is 0 Å². The minimum absolute atomic E-state index is 0.204. The Bertz CT molecular complexity index is 374. The molecule has 0 bridgehead atoms. The number of aromatic nitrogens is 3. The van der Waals surface area contributed by atoms with Crippen LogP contribution in [0.1, 0.15) is 19.0 Å². The summed E-state index contributed by atoms with van der Waals surface area (Å²) in [4.78, 5) is 11.5. The Hall–Kier alpha value is -1.59. The molecule has 0 amide bonds. The Morgan fingerprint density at radius 3 is 3.27 bits per heavy atom. The van der Waals surface area contributed by atoms with Crippen molar-refractivity contribution in [1.29, 1.82) is 0 Å². The van der Waals surface area contributed by atoms with Gasteiger partial charge in [-0.2, -0.15) is 0 Å². The highest BCUT2D eigenvalue weighted by atomic mass is 16.5. The van der Waals surface area contributed by atoms with E-state index >= 15 is 0 Å². The molecule has 0 saturated carbocycles. The van der Waals surface area contributed by atoms with Crippen LogP contribution in [0.4, 0.5) is 5.82 Å². The fourth-order valence-corrected chi connectivity index (χ4v) is 1.68. The smallest absolute Gasteiger partial charge is 0.328 e. The lowest BCUT2D eigenvalue weighted by atomic mass is 10.1. The van der Waals surface area contributed by atoms with Gasteiger partial charge in [-0.1, -0.05) is 5.21 Å². The van der Waals surface area contributed by atoms with E-state index in [0.29, 0.717) is 13.0 Å². The van der Waals surface area contributed by atoms with Crippen molar-refractivity contribution in [3.63, 3.8) is 0 Å². The maximum atomic E-state index is 11.5. The molecule has 0 spiro atoms. The van der Waals surface area contributed by atoms with Crippen molar-refractivity contribution in [2.45, 2.75) is 25.8 Å². The number of hydrogen-bond donors (Lipinski definition) is 1. The van der Waals surface area contributed by atoms with Crippen LogP contribution in [0.3, 0.4) is 0 Å². The lowest BCUT2D eigenvalue weighted by Crippen LogP contribution is -2.35. The topological polar surface area (TPSA) is 69.0 Å². The van der Waals surface area contributed by atoms with Gasteiger partial charge in [0.2, 0.25) is 0 Å². The predicted octanol–water partition coefficient (Wildman–Crippen LogP) is 0.105. The van der Waals surface area contributed by atoms with Gasteiger partial charge >= 0.3 is 5.97 Å². The predicted molar refractivity (Wildman–Crippen MR) is 53.4 cm³/mol. The number of rotatable bonds is 2. The van der Waals surface area contributed by atoms with E-state index < -0.39 is 0 Å². The standard InChI is InChI=1S/C9H14N4O2/c1-3-15-9(14)7-5-4-6-8(10-7)13(2)12-11-6/h7,10H,3-5H2,1-2H3. The third-order valence-electron chi connectivity index (χ3n) is 2.45. The van der Waals surface area contributed by atoms with Crippen LogP contribution in [0.5, 0.6) is 0 Å². The number of carbonyl (C=O) groups is 1. The Morgan fingerprint density at radius 1 is 1.73 bits per heavy atom. The molecule has 2 rings (SSSR count). The number of nitrogens with one attached hydrogen (secondary N) is 1. The number of hydrogen-bond acceptors (Lipinski definition) is 5. The molecule has 15 heavy (non-hydrogen) atoms. The second-order valence-corrected chi connectivity index (χ2v) is 3.50. The molecule has 1 aromatic heterocycles. The SMILES string of the molecule is CCOC(=O)C1CCc2nnn(C)c2N1. The Labute approximate surface area is 87.6 Å². The summed E-state index contributed by atoms with van der Waals surface area (Å²) < 4.78 is 6.60. The van der Waals surface area contributed by atoms with Gasteiger partial charge < -0.3 is 10.1 Å². The van der Waals surface area contributed by atoms with Crippen molar-refractivity contribution >= 4 is 11.8 Å². The number of nitrogens with zero attached hydrogens (tertiary/aromatic N) is 3. The average Bonchev–Trinajstić information content (AvgIpc) is 2.60. The van der Waals surface area contributed by atoms with Gasteiger partial charge in [-0.15, -0.1) is 5.10 Å². The maximum absolute atomic E-state index is 11.5. The molecule has 1 aliphatic heterocycles. The molecule has 6 nitrogen and oxygen atoms in total. The van der Waals surface area contributed by atoms with Gasteiger partial charge in [0.25, 0.3) is 0 Å². The van der Waals surface area contributed by atoms with Gasteiger partial charge in [0.05, 0.1) is 6.61 Å². The van der Waals surface area contributed by atoms with Crippen LogP contribution < -0.4 is 5.32 Å². The summed E-state index contributed by atoms with van der Waals surface area (Å²) in [6.07, 6.45) is 1.48. The molecular weight excluding hydrogens is 196 g/mol. The zero-order chi connectivity index (χ0) is 10.8. The monoisotopic (exact) mass is 210 g/mol. The Kier molecular flexibility index (Phi) is 2.57. The highest BCUT2D eigenvalue weighted by Gasteiger charge is 2.27. The first kappa shape index (κ1) is 9.95. The lowest BCUT2D eigenvalue weighted by molar-refractivity contribution is -0.144. The molecule has 82 valence electrons. The number of carbonyl (C=O) groups excluding carboxylic acids is 1. The first-order valence-corrected chi connectivity index (χ1v) is 5.04. The van der Waals surface area contributed by atoms with Gasteiger partial charge in [-0.05, 0) is 19.8 Å². The maximum Gasteiger partial charge on any atom is 0.328 e. The molecule has 1 aromatic rings. The van der Waals surface area contributed by atoms with Crippen molar-refractivity contribution in [1.82, 2.24) is 15.0 Å². The molecule has 1 aliphatic rings. The minimum atomic E-state index is -0.269. The van der Waals surface area contributed by atoms with Gasteiger partial charge in [-0.3, -0.25) is 0 Å². The fourth-order valence-electron chi connectivity index (χ4n) is 1.68. The minimum Gasteiger partial charge on any atom is -0.464 e. The molecule has 1 atom stereocenters. The molecule has 0 aliphatic carbocycles. The highest BCUT2D eigenvalue weighted by Crippen LogP contribution is 2.22. The Balaban J connectivity index is 2.11. The largest absolute Gasteiger partial charge is 0.464 e. The third kappa shape index (κ3) is 1.79. The van der Waals surface area contributed by atoms with Crippen molar-refractivity contribution < 1.29 is 9.53 Å². The van der Waals surface area contributed by atoms with E-state index in [1.165, 1.54) is 0 Å². The number of aryl methyl sites for hydroxylation is 2. The molecule has 0 radical (unpaired) electrons. The second-order valence-electron chi connectivity index (χ2n) is 3.50. The van der Waals surface area contributed by atoms with Gasteiger partial charge in [0.1, 0.15) is 17.6 Å². The van der Waals surface area contributed by atoms with Crippen LogP contribution >= 0.6 is 0 Å². The van der Waals surface area contributed by atoms with Crippen molar-refractivity contribution in [3.05, 3.63) is 5.69 Å². The Morgan fingerprint density at radius 2 is 2.53 bits per heavy atom. The van der Waals surface area contributed by atoms with E-state index in [9.17, 15) is 4.79 Å². The molecule has 0 saturated heterocycles. The summed E-state index contributed by atoms with van der Waals surface area (Å²) in [5.41, 5.74) is 0.915. The van der Waals surface area contributed by atoms with Crippen molar-refractivity contribution in [2.24, 2.45) is 7.05 Å². The van der Waals surface area contributed by atoms with Crippen LogP contribution in [-0.4, -0.2) is 33.6 Å². The summed E-state index contributed by atoms with van der Waals surface area (Å²) in [7, 11) is 1.80. The molecular formula is C9H14N4O2. The average molecular weight is 210 g/mol. The van der Waals surface area contributed by atoms with Gasteiger partial charge in [0, 0.05) is 7.05 Å². The number of ether oxygens (including phenoxy) is 1. The van der Waals surface area contributed by atoms with Crippen molar-refractivity contribution in [2.75, 3.05) is 11.9 Å². The second kappa shape index (κ2) is 3.88. The van der Waals surface area contributed by atoms with E-state index in [1.54, 1.807) is 18.7 Å². The number of fused-ring (bicyclic) bond motifs is 1. The molecule has 1 unspecified atom stereocenters. The van der Waals surface area contributed by atoms with Gasteiger partial charge in [0.15, 0.2) is 0 Å². The van der Waals surface area contributed by atoms with E-state index in [2.05, 4.69) is 15.6 Å². The summed E-state index contributed by atoms with van der Waals surface area (Å²) in [6, 6.07) is -0.269. The summed E-state index contributed by atoms with van der Waals surface area (Å²) in [5, 5.41) is 11.0. The normalized spacial score (nSPS) is 19.2. The third-order valence-corrected chi connectivity index (χ3v) is 2.45. The summed E-state index contributed by atoms with van der Waals surface area (Å²) in [5.74, 6) is 0.614.